The van der Waals surface area contributed by atoms with Crippen LogP contribution in [0, 0.1) is 0 Å². The minimum Gasteiger partial charge on any atom is -0.497 e. The summed E-state index contributed by atoms with van der Waals surface area (Å²) in [6.07, 6.45) is 1.52. The highest BCUT2D eigenvalue weighted by atomic mass is 35.5. The standard InChI is InChI=1S/C30H26ClN3O7S/c1-40-23-10-13-26(31)25(17-23)29(36)32-16-15-20-7-11-24(12-8-20)42(38,39)34-28(35)22-9-14-27(33-18-22)30(37)41-19-21-5-3-2-4-6-21/h2-14,17-18H,15-16,19H2,1H3,(H,32,36)(H,34,35). The monoisotopic (exact) mass is 607 g/mol. The number of pyridine rings is 1. The molecule has 0 bridgehead atoms. The van der Waals surface area contributed by atoms with Gasteiger partial charge in [0.1, 0.15) is 18.1 Å². The van der Waals surface area contributed by atoms with Gasteiger partial charge in [-0.05, 0) is 60.0 Å². The van der Waals surface area contributed by atoms with E-state index in [0.29, 0.717) is 12.2 Å². The number of hydrogen-bond donors (Lipinski definition) is 2. The molecule has 12 heteroatoms. The molecule has 2 N–H and O–H groups in total. The summed E-state index contributed by atoms with van der Waals surface area (Å²) >= 11 is 6.10. The Balaban J connectivity index is 1.29. The van der Waals surface area contributed by atoms with Crippen LogP contribution in [0.4, 0.5) is 0 Å². The maximum Gasteiger partial charge on any atom is 0.357 e. The highest BCUT2D eigenvalue weighted by Crippen LogP contribution is 2.22. The van der Waals surface area contributed by atoms with Crippen LogP contribution < -0.4 is 14.8 Å². The van der Waals surface area contributed by atoms with Gasteiger partial charge in [-0.25, -0.2) is 22.9 Å². The van der Waals surface area contributed by atoms with E-state index in [9.17, 15) is 22.8 Å². The summed E-state index contributed by atoms with van der Waals surface area (Å²) < 4.78 is 37.8. The number of nitrogens with one attached hydrogen (secondary N) is 2. The van der Waals surface area contributed by atoms with E-state index in [1.807, 2.05) is 35.1 Å². The Hall–Kier alpha value is -4.74. The summed E-state index contributed by atoms with van der Waals surface area (Å²) in [5, 5.41) is 3.05. The van der Waals surface area contributed by atoms with Crippen LogP contribution in [0.5, 0.6) is 5.75 Å². The summed E-state index contributed by atoms with van der Waals surface area (Å²) in [5.41, 5.74) is 1.77. The number of esters is 1. The number of aromatic nitrogens is 1. The van der Waals surface area contributed by atoms with Crippen molar-refractivity contribution in [1.29, 1.82) is 0 Å². The molecule has 0 saturated heterocycles. The maximum atomic E-state index is 12.8. The molecule has 0 atom stereocenters. The topological polar surface area (TPSA) is 141 Å². The van der Waals surface area contributed by atoms with E-state index < -0.39 is 21.9 Å². The van der Waals surface area contributed by atoms with Gasteiger partial charge in [0.15, 0.2) is 0 Å². The highest BCUT2D eigenvalue weighted by molar-refractivity contribution is 7.90. The molecule has 1 aromatic heterocycles. The van der Waals surface area contributed by atoms with E-state index in [2.05, 4.69) is 10.3 Å². The van der Waals surface area contributed by atoms with Gasteiger partial charge in [0.2, 0.25) is 0 Å². The first-order chi connectivity index (χ1) is 20.2. The van der Waals surface area contributed by atoms with E-state index in [0.717, 1.165) is 17.3 Å². The largest absolute Gasteiger partial charge is 0.497 e. The van der Waals surface area contributed by atoms with Crippen LogP contribution in [0.25, 0.3) is 0 Å². The number of carbonyl (C=O) groups is 3. The molecule has 0 radical (unpaired) electrons. The quantitative estimate of drug-likeness (QED) is 0.242. The molecule has 42 heavy (non-hydrogen) atoms. The second kappa shape index (κ2) is 13.7. The lowest BCUT2D eigenvalue weighted by molar-refractivity contribution is 0.0465. The average Bonchev–Trinajstić information content (AvgIpc) is 3.00. The molecule has 2 amide bonds. The van der Waals surface area contributed by atoms with Crippen molar-refractivity contribution < 1.29 is 32.3 Å². The fourth-order valence-electron chi connectivity index (χ4n) is 3.74. The zero-order valence-electron chi connectivity index (χ0n) is 22.4. The molecule has 0 spiro atoms. The van der Waals surface area contributed by atoms with Crippen LogP contribution in [0.2, 0.25) is 5.02 Å². The van der Waals surface area contributed by atoms with Gasteiger partial charge in [0.25, 0.3) is 21.8 Å². The van der Waals surface area contributed by atoms with Crippen LogP contribution in [-0.2, 0) is 27.8 Å². The van der Waals surface area contributed by atoms with Crippen molar-refractivity contribution >= 4 is 39.4 Å². The highest BCUT2D eigenvalue weighted by Gasteiger charge is 2.20. The third-order valence-electron chi connectivity index (χ3n) is 6.03. The van der Waals surface area contributed by atoms with Gasteiger partial charge in [-0.1, -0.05) is 54.1 Å². The Morgan fingerprint density at radius 2 is 1.62 bits per heavy atom. The number of rotatable bonds is 11. The third kappa shape index (κ3) is 7.93. The Morgan fingerprint density at radius 1 is 0.881 bits per heavy atom. The zero-order chi connectivity index (χ0) is 30.1. The molecule has 4 rings (SSSR count). The lowest BCUT2D eigenvalue weighted by atomic mass is 10.1. The Labute approximate surface area is 247 Å². The maximum absolute atomic E-state index is 12.8. The molecular weight excluding hydrogens is 582 g/mol. The van der Waals surface area contributed by atoms with Crippen molar-refractivity contribution in [2.45, 2.75) is 17.9 Å². The molecule has 10 nitrogen and oxygen atoms in total. The fourth-order valence-corrected chi connectivity index (χ4v) is 4.92. The molecule has 216 valence electrons. The molecule has 0 unspecified atom stereocenters. The Kier molecular flexibility index (Phi) is 9.89. The molecule has 4 aromatic rings. The second-order valence-corrected chi connectivity index (χ2v) is 11.0. The van der Waals surface area contributed by atoms with Gasteiger partial charge in [-0.2, -0.15) is 0 Å². The van der Waals surface area contributed by atoms with E-state index in [1.54, 1.807) is 24.3 Å². The molecule has 0 aliphatic rings. The van der Waals surface area contributed by atoms with Gasteiger partial charge in [-0.3, -0.25) is 9.59 Å². The van der Waals surface area contributed by atoms with Crippen molar-refractivity contribution in [2.75, 3.05) is 13.7 Å². The summed E-state index contributed by atoms with van der Waals surface area (Å²) in [6, 6.07) is 22.3. The second-order valence-electron chi connectivity index (χ2n) is 8.92. The van der Waals surface area contributed by atoms with Crippen LogP contribution in [0.1, 0.15) is 42.3 Å². The zero-order valence-corrected chi connectivity index (χ0v) is 23.9. The fraction of sp³-hybridized carbons (Fsp3) is 0.133. The SMILES string of the molecule is COc1ccc(Cl)c(C(=O)NCCc2ccc(S(=O)(=O)NC(=O)c3ccc(C(=O)OCc4ccccc4)nc3)cc2)c1. The number of ether oxygens (including phenoxy) is 2. The van der Waals surface area contributed by atoms with Crippen molar-refractivity contribution in [3.05, 3.63) is 124 Å². The number of sulfonamides is 1. The van der Waals surface area contributed by atoms with E-state index in [4.69, 9.17) is 21.1 Å². The molecule has 0 aliphatic heterocycles. The summed E-state index contributed by atoms with van der Waals surface area (Å²) in [7, 11) is -2.70. The lowest BCUT2D eigenvalue weighted by Gasteiger charge is -2.10. The van der Waals surface area contributed by atoms with Crippen molar-refractivity contribution in [3.63, 3.8) is 0 Å². The lowest BCUT2D eigenvalue weighted by Crippen LogP contribution is -2.30. The van der Waals surface area contributed by atoms with E-state index in [1.165, 1.54) is 37.4 Å². The first-order valence-corrected chi connectivity index (χ1v) is 14.5. The Morgan fingerprint density at radius 3 is 2.29 bits per heavy atom. The molecule has 1 heterocycles. The normalized spacial score (nSPS) is 10.9. The smallest absolute Gasteiger partial charge is 0.357 e. The molecular formula is C30H26ClN3O7S. The number of nitrogens with zero attached hydrogens (tertiary/aromatic N) is 1. The van der Waals surface area contributed by atoms with Crippen LogP contribution in [0.3, 0.4) is 0 Å². The third-order valence-corrected chi connectivity index (χ3v) is 7.70. The molecule has 0 saturated carbocycles. The van der Waals surface area contributed by atoms with Gasteiger partial charge in [0, 0.05) is 12.7 Å². The minimum absolute atomic E-state index is 0.0243. The number of hydrogen-bond acceptors (Lipinski definition) is 8. The van der Waals surface area contributed by atoms with Gasteiger partial charge < -0.3 is 14.8 Å². The van der Waals surface area contributed by atoms with Crippen molar-refractivity contribution in [2.24, 2.45) is 0 Å². The summed E-state index contributed by atoms with van der Waals surface area (Å²) in [5.74, 6) is -1.45. The number of carbonyl (C=O) groups excluding carboxylic acids is 3. The number of benzene rings is 3. The van der Waals surface area contributed by atoms with Gasteiger partial charge in [-0.15, -0.1) is 0 Å². The van der Waals surface area contributed by atoms with Crippen LogP contribution in [0.15, 0.2) is 96.0 Å². The summed E-state index contributed by atoms with van der Waals surface area (Å²) in [4.78, 5) is 41.1. The Bertz CT molecular complexity index is 1680. The number of amides is 2. The molecule has 0 aliphatic carbocycles. The van der Waals surface area contributed by atoms with E-state index >= 15 is 0 Å². The average molecular weight is 608 g/mol. The van der Waals surface area contributed by atoms with Gasteiger partial charge >= 0.3 is 5.97 Å². The van der Waals surface area contributed by atoms with E-state index in [-0.39, 0.29) is 45.8 Å². The van der Waals surface area contributed by atoms with Gasteiger partial charge in [0.05, 0.1) is 28.2 Å². The van der Waals surface area contributed by atoms with Crippen molar-refractivity contribution in [1.82, 2.24) is 15.0 Å². The first kappa shape index (κ1) is 30.2. The first-order valence-electron chi connectivity index (χ1n) is 12.6. The van der Waals surface area contributed by atoms with Crippen LogP contribution >= 0.6 is 11.6 Å². The minimum atomic E-state index is -4.19. The summed E-state index contributed by atoms with van der Waals surface area (Å²) in [6.45, 7) is 0.339. The molecule has 3 aromatic carbocycles. The number of halogens is 1. The number of methoxy groups -OCH3 is 1. The predicted molar refractivity (Wildman–Crippen MR) is 155 cm³/mol. The molecule has 0 fully saturated rings. The van der Waals surface area contributed by atoms with Crippen LogP contribution in [-0.4, -0.2) is 44.8 Å². The predicted octanol–water partition coefficient (Wildman–Crippen LogP) is 4.19. The van der Waals surface area contributed by atoms with Crippen molar-refractivity contribution in [3.8, 4) is 5.75 Å².